The van der Waals surface area contributed by atoms with Crippen molar-refractivity contribution in [3.8, 4) is 0 Å². The molecule has 0 unspecified atom stereocenters. The van der Waals surface area contributed by atoms with Gasteiger partial charge in [-0.15, -0.1) is 0 Å². The molecule has 0 amide bonds. The van der Waals surface area contributed by atoms with Crippen molar-refractivity contribution >= 4 is 35.2 Å². The van der Waals surface area contributed by atoms with E-state index in [1.165, 1.54) is 11.6 Å². The molecule has 0 spiro atoms. The van der Waals surface area contributed by atoms with Gasteiger partial charge in [0.1, 0.15) is 5.59 Å². The number of aromatic nitrogens is 2. The molecule has 1 saturated heterocycles. The summed E-state index contributed by atoms with van der Waals surface area (Å²) in [4.78, 5) is 11.8. The summed E-state index contributed by atoms with van der Waals surface area (Å²) in [5, 5.41) is 5.21. The molecule has 0 aliphatic carbocycles. The number of hydrogen-bond acceptors (Lipinski definition) is 5. The van der Waals surface area contributed by atoms with E-state index in [0.717, 1.165) is 5.39 Å². The first-order chi connectivity index (χ1) is 10.1. The highest BCUT2D eigenvalue weighted by Gasteiger charge is 2.53. The molecule has 6 nitrogen and oxygen atoms in total. The number of carbonyl (C=O) groups is 1. The van der Waals surface area contributed by atoms with Crippen molar-refractivity contribution in [1.82, 2.24) is 9.78 Å². The second-order valence-electron chi connectivity index (χ2n) is 6.68. The van der Waals surface area contributed by atoms with Gasteiger partial charge in [0, 0.05) is 18.0 Å². The molecule has 1 aromatic carbocycles. The lowest BCUT2D eigenvalue weighted by molar-refractivity contribution is 0.00578. The normalized spacial score (nSPS) is 19.8. The Morgan fingerprint density at radius 3 is 2.36 bits per heavy atom. The van der Waals surface area contributed by atoms with E-state index < -0.39 is 18.3 Å². The Hall–Kier alpha value is -1.86. The minimum absolute atomic E-state index is 0.182. The molecular weight excluding hydrogens is 281 g/mol. The summed E-state index contributed by atoms with van der Waals surface area (Å²) < 4.78 is 13.4. The first kappa shape index (κ1) is 15.1. The Kier molecular flexibility index (Phi) is 3.13. The number of rotatable bonds is 1. The predicted octanol–water partition coefficient (Wildman–Crippen LogP) is 1.58. The zero-order valence-corrected chi connectivity index (χ0v) is 13.5. The maximum absolute atomic E-state index is 11.8. The average molecular weight is 301 g/mol. The molecule has 1 fully saturated rings. The lowest BCUT2D eigenvalue weighted by Crippen LogP contribution is -2.41. The quantitative estimate of drug-likeness (QED) is 0.639. The number of nitrogens with two attached hydrogens (primary N) is 1. The average Bonchev–Trinajstić information content (AvgIpc) is 2.84. The molecule has 0 bridgehead atoms. The van der Waals surface area contributed by atoms with Gasteiger partial charge >= 0.3 is 7.12 Å². The van der Waals surface area contributed by atoms with Crippen LogP contribution in [0.2, 0.25) is 0 Å². The van der Waals surface area contributed by atoms with E-state index in [9.17, 15) is 4.79 Å². The van der Waals surface area contributed by atoms with Crippen LogP contribution in [0.4, 0.5) is 5.69 Å². The van der Waals surface area contributed by atoms with Crippen molar-refractivity contribution < 1.29 is 14.1 Å². The van der Waals surface area contributed by atoms with Crippen molar-refractivity contribution in [3.05, 3.63) is 18.2 Å². The molecular formula is C15H20BN3O3. The van der Waals surface area contributed by atoms with Crippen molar-refractivity contribution in [1.29, 1.82) is 0 Å². The zero-order chi connectivity index (χ0) is 16.3. The summed E-state index contributed by atoms with van der Waals surface area (Å²) in [5.41, 5.74) is 6.75. The van der Waals surface area contributed by atoms with E-state index in [4.69, 9.17) is 15.0 Å². The molecule has 1 aromatic heterocycles. The highest BCUT2D eigenvalue weighted by molar-refractivity contribution is 6.64. The van der Waals surface area contributed by atoms with Crippen LogP contribution in [0.5, 0.6) is 0 Å². The zero-order valence-electron chi connectivity index (χ0n) is 13.5. The smallest absolute Gasteiger partial charge is 0.399 e. The van der Waals surface area contributed by atoms with Gasteiger partial charge in [0.2, 0.25) is 5.91 Å². The Labute approximate surface area is 129 Å². The number of nitrogens with zero attached hydrogens (tertiary/aromatic N) is 2. The van der Waals surface area contributed by atoms with E-state index in [2.05, 4.69) is 5.10 Å². The fourth-order valence-corrected chi connectivity index (χ4v) is 2.52. The Bertz CT molecular complexity index is 751. The van der Waals surface area contributed by atoms with Gasteiger partial charge in [0.15, 0.2) is 0 Å². The van der Waals surface area contributed by atoms with Crippen LogP contribution in [-0.4, -0.2) is 34.0 Å². The molecule has 2 heterocycles. The molecule has 0 radical (unpaired) electrons. The van der Waals surface area contributed by atoms with E-state index in [1.54, 1.807) is 12.1 Å². The van der Waals surface area contributed by atoms with Gasteiger partial charge in [-0.1, -0.05) is 0 Å². The van der Waals surface area contributed by atoms with Gasteiger partial charge in [-0.25, -0.2) is 4.68 Å². The number of benzene rings is 1. The lowest BCUT2D eigenvalue weighted by Gasteiger charge is -2.32. The maximum atomic E-state index is 11.8. The molecule has 0 saturated carbocycles. The number of nitrogen functional groups attached to an aromatic ring is 1. The molecule has 2 N–H and O–H groups in total. The van der Waals surface area contributed by atoms with Crippen LogP contribution in [0, 0.1) is 0 Å². The summed E-state index contributed by atoms with van der Waals surface area (Å²) >= 11 is 0. The van der Waals surface area contributed by atoms with E-state index in [1.807, 2.05) is 33.8 Å². The second kappa shape index (κ2) is 4.57. The van der Waals surface area contributed by atoms with Crippen LogP contribution in [0.25, 0.3) is 10.9 Å². The predicted molar refractivity (Wildman–Crippen MR) is 86.2 cm³/mol. The van der Waals surface area contributed by atoms with Crippen molar-refractivity contribution in [2.24, 2.45) is 0 Å². The molecule has 3 rings (SSSR count). The van der Waals surface area contributed by atoms with Crippen LogP contribution in [-0.2, 0) is 9.31 Å². The van der Waals surface area contributed by atoms with E-state index in [-0.39, 0.29) is 5.91 Å². The second-order valence-corrected chi connectivity index (χ2v) is 6.68. The van der Waals surface area contributed by atoms with Crippen LogP contribution in [0.15, 0.2) is 18.2 Å². The molecule has 116 valence electrons. The minimum atomic E-state index is -0.614. The molecule has 22 heavy (non-hydrogen) atoms. The van der Waals surface area contributed by atoms with Crippen molar-refractivity contribution in [2.45, 2.75) is 45.8 Å². The number of fused-ring (bicyclic) bond motifs is 1. The van der Waals surface area contributed by atoms with Gasteiger partial charge in [0.25, 0.3) is 0 Å². The molecule has 1 aliphatic heterocycles. The molecule has 2 aromatic rings. The largest absolute Gasteiger partial charge is 0.517 e. The summed E-state index contributed by atoms with van der Waals surface area (Å²) in [5.74, 6) is -0.182. The van der Waals surface area contributed by atoms with Gasteiger partial charge < -0.3 is 15.0 Å². The fraction of sp³-hybridized carbons (Fsp3) is 0.467. The summed E-state index contributed by atoms with van der Waals surface area (Å²) in [6, 6.07) is 5.36. The standard InChI is InChI=1S/C15H20BN3O3/c1-9(20)19-12-8-10(17)6-7-11(12)13(18-19)16-21-14(2,3)15(4,5)22-16/h6-8H,17H2,1-5H3. The minimum Gasteiger partial charge on any atom is -0.399 e. The highest BCUT2D eigenvalue weighted by atomic mass is 16.7. The molecule has 7 heteroatoms. The summed E-state index contributed by atoms with van der Waals surface area (Å²) in [6.45, 7) is 9.39. The maximum Gasteiger partial charge on any atom is 0.517 e. The number of hydrogen-bond donors (Lipinski definition) is 1. The van der Waals surface area contributed by atoms with Crippen LogP contribution >= 0.6 is 0 Å². The van der Waals surface area contributed by atoms with Gasteiger partial charge in [-0.3, -0.25) is 4.79 Å². The lowest BCUT2D eigenvalue weighted by atomic mass is 9.82. The first-order valence-electron chi connectivity index (χ1n) is 7.27. The van der Waals surface area contributed by atoms with Crippen molar-refractivity contribution in [2.75, 3.05) is 5.73 Å². The third-order valence-electron chi connectivity index (χ3n) is 4.51. The first-order valence-corrected chi connectivity index (χ1v) is 7.27. The highest BCUT2D eigenvalue weighted by Crippen LogP contribution is 2.37. The van der Waals surface area contributed by atoms with Crippen LogP contribution in [0.1, 0.15) is 39.4 Å². The SMILES string of the molecule is CC(=O)n1nc(B2OC(C)(C)C(C)(C)O2)c2ccc(N)cc21. The van der Waals surface area contributed by atoms with Gasteiger partial charge in [-0.2, -0.15) is 5.10 Å². The summed E-state index contributed by atoms with van der Waals surface area (Å²) in [6.07, 6.45) is 0. The Morgan fingerprint density at radius 1 is 1.23 bits per heavy atom. The molecule has 0 atom stereocenters. The van der Waals surface area contributed by atoms with Crippen LogP contribution < -0.4 is 11.3 Å². The molecule has 1 aliphatic rings. The van der Waals surface area contributed by atoms with Crippen LogP contribution in [0.3, 0.4) is 0 Å². The topological polar surface area (TPSA) is 79.4 Å². The number of anilines is 1. The third kappa shape index (κ3) is 2.12. The Morgan fingerprint density at radius 2 is 1.82 bits per heavy atom. The third-order valence-corrected chi connectivity index (χ3v) is 4.51. The van der Waals surface area contributed by atoms with E-state index in [0.29, 0.717) is 16.8 Å². The number of carbonyl (C=O) groups excluding carboxylic acids is 1. The van der Waals surface area contributed by atoms with Gasteiger partial charge in [-0.05, 0) is 45.9 Å². The monoisotopic (exact) mass is 301 g/mol. The Balaban J connectivity index is 2.15. The summed E-state index contributed by atoms with van der Waals surface area (Å²) in [7, 11) is -0.614. The fourth-order valence-electron chi connectivity index (χ4n) is 2.52. The van der Waals surface area contributed by atoms with E-state index >= 15 is 0 Å². The van der Waals surface area contributed by atoms with Gasteiger partial charge in [0.05, 0.1) is 16.7 Å². The van der Waals surface area contributed by atoms with Crippen molar-refractivity contribution in [3.63, 3.8) is 0 Å².